The Balaban J connectivity index is 1.98. The number of likely N-dealkylation sites (N-methyl/N-ethyl adjacent to an activating group) is 1. The molecule has 4 heteroatoms. The van der Waals surface area contributed by atoms with E-state index < -0.39 is 0 Å². The molecule has 0 amide bonds. The summed E-state index contributed by atoms with van der Waals surface area (Å²) in [5.74, 6) is 0. The Kier molecular flexibility index (Phi) is 4.82. The van der Waals surface area contributed by atoms with Crippen molar-refractivity contribution in [2.75, 3.05) is 20.1 Å². The molecule has 0 aromatic carbocycles. The van der Waals surface area contributed by atoms with Gasteiger partial charge in [-0.2, -0.15) is 0 Å². The van der Waals surface area contributed by atoms with Crippen LogP contribution in [0.4, 0.5) is 0 Å². The van der Waals surface area contributed by atoms with Crippen LogP contribution in [-0.2, 0) is 6.54 Å². The summed E-state index contributed by atoms with van der Waals surface area (Å²) in [4.78, 5) is 4.08. The molecule has 1 fully saturated rings. The summed E-state index contributed by atoms with van der Waals surface area (Å²) >= 11 is 5.47. The van der Waals surface area contributed by atoms with Crippen molar-refractivity contribution in [3.63, 3.8) is 0 Å². The van der Waals surface area contributed by atoms with Gasteiger partial charge in [-0.25, -0.2) is 0 Å². The van der Waals surface area contributed by atoms with Crippen molar-refractivity contribution in [3.8, 4) is 0 Å². The molecule has 2 rings (SSSR count). The van der Waals surface area contributed by atoms with Crippen LogP contribution < -0.4 is 5.32 Å². The summed E-state index contributed by atoms with van der Waals surface area (Å²) in [6, 6.07) is 2.87. The highest BCUT2D eigenvalue weighted by molar-refractivity contribution is 9.10. The first-order chi connectivity index (χ1) is 7.81. The fourth-order valence-electron chi connectivity index (χ4n) is 2.36. The SMILES string of the molecule is CNCC1CCCCN1Cc1sccc1Br. The van der Waals surface area contributed by atoms with Crippen LogP contribution in [0.2, 0.25) is 0 Å². The van der Waals surface area contributed by atoms with Crippen molar-refractivity contribution in [2.24, 2.45) is 0 Å². The summed E-state index contributed by atoms with van der Waals surface area (Å²) in [6.07, 6.45) is 4.07. The van der Waals surface area contributed by atoms with Gasteiger partial charge in [-0.05, 0) is 53.8 Å². The summed E-state index contributed by atoms with van der Waals surface area (Å²) in [7, 11) is 2.05. The van der Waals surface area contributed by atoms with E-state index in [1.54, 1.807) is 0 Å². The molecule has 1 aromatic heterocycles. The smallest absolute Gasteiger partial charge is 0.0342 e. The Labute approximate surface area is 110 Å². The lowest BCUT2D eigenvalue weighted by Crippen LogP contribution is -2.44. The van der Waals surface area contributed by atoms with Crippen LogP contribution in [0.5, 0.6) is 0 Å². The molecule has 1 saturated heterocycles. The highest BCUT2D eigenvalue weighted by Gasteiger charge is 2.22. The van der Waals surface area contributed by atoms with E-state index in [-0.39, 0.29) is 0 Å². The van der Waals surface area contributed by atoms with Crippen molar-refractivity contribution >= 4 is 27.3 Å². The summed E-state index contributed by atoms with van der Waals surface area (Å²) in [5, 5.41) is 5.47. The zero-order valence-corrected chi connectivity index (χ0v) is 12.1. The van der Waals surface area contributed by atoms with E-state index in [0.717, 1.165) is 13.1 Å². The third-order valence-corrected chi connectivity index (χ3v) is 5.14. The average molecular weight is 303 g/mol. The van der Waals surface area contributed by atoms with Gasteiger partial charge in [0, 0.05) is 28.5 Å². The molecule has 16 heavy (non-hydrogen) atoms. The third-order valence-electron chi connectivity index (χ3n) is 3.23. The van der Waals surface area contributed by atoms with Gasteiger partial charge in [-0.3, -0.25) is 4.90 Å². The molecule has 1 unspecified atom stereocenters. The number of nitrogens with zero attached hydrogens (tertiary/aromatic N) is 1. The number of hydrogen-bond donors (Lipinski definition) is 1. The fourth-order valence-corrected chi connectivity index (χ4v) is 3.86. The molecule has 0 spiro atoms. The molecule has 1 aliphatic heterocycles. The summed E-state index contributed by atoms with van der Waals surface area (Å²) in [5.41, 5.74) is 0. The van der Waals surface area contributed by atoms with Crippen molar-refractivity contribution in [1.29, 1.82) is 0 Å². The second kappa shape index (κ2) is 6.15. The van der Waals surface area contributed by atoms with E-state index in [4.69, 9.17) is 0 Å². The Morgan fingerprint density at radius 1 is 1.56 bits per heavy atom. The van der Waals surface area contributed by atoms with Crippen LogP contribution in [0.3, 0.4) is 0 Å². The Bertz CT molecular complexity index is 325. The number of likely N-dealkylation sites (tertiary alicyclic amines) is 1. The first-order valence-electron chi connectivity index (χ1n) is 5.92. The molecular formula is C12H19BrN2S. The first kappa shape index (κ1) is 12.6. The van der Waals surface area contributed by atoms with Gasteiger partial charge in [0.1, 0.15) is 0 Å². The van der Waals surface area contributed by atoms with E-state index in [1.165, 1.54) is 35.2 Å². The van der Waals surface area contributed by atoms with Gasteiger partial charge < -0.3 is 5.32 Å². The van der Waals surface area contributed by atoms with Crippen LogP contribution in [0, 0.1) is 0 Å². The second-order valence-corrected chi connectivity index (χ2v) is 6.22. The van der Waals surface area contributed by atoms with Crippen LogP contribution in [0.1, 0.15) is 24.1 Å². The predicted molar refractivity (Wildman–Crippen MR) is 74.0 cm³/mol. The second-order valence-electron chi connectivity index (χ2n) is 4.37. The molecule has 1 atom stereocenters. The predicted octanol–water partition coefficient (Wildman–Crippen LogP) is 3.08. The largest absolute Gasteiger partial charge is 0.318 e. The van der Waals surface area contributed by atoms with Gasteiger partial charge in [0.15, 0.2) is 0 Å². The highest BCUT2D eigenvalue weighted by Crippen LogP contribution is 2.27. The highest BCUT2D eigenvalue weighted by atomic mass is 79.9. The number of piperidine rings is 1. The first-order valence-corrected chi connectivity index (χ1v) is 7.59. The number of nitrogens with one attached hydrogen (secondary N) is 1. The van der Waals surface area contributed by atoms with Gasteiger partial charge in [0.05, 0.1) is 0 Å². The molecule has 2 heterocycles. The van der Waals surface area contributed by atoms with Crippen molar-refractivity contribution < 1.29 is 0 Å². The summed E-state index contributed by atoms with van der Waals surface area (Å²) in [6.45, 7) is 3.46. The zero-order chi connectivity index (χ0) is 11.4. The third kappa shape index (κ3) is 3.06. The maximum atomic E-state index is 3.62. The van der Waals surface area contributed by atoms with E-state index in [2.05, 4.69) is 37.6 Å². The fraction of sp³-hybridized carbons (Fsp3) is 0.667. The minimum Gasteiger partial charge on any atom is -0.318 e. The number of halogens is 1. The lowest BCUT2D eigenvalue weighted by atomic mass is 10.0. The molecule has 0 radical (unpaired) electrons. The van der Waals surface area contributed by atoms with Gasteiger partial charge in [0.25, 0.3) is 0 Å². The Morgan fingerprint density at radius 3 is 3.12 bits per heavy atom. The van der Waals surface area contributed by atoms with Crippen molar-refractivity contribution in [1.82, 2.24) is 10.2 Å². The molecular weight excluding hydrogens is 284 g/mol. The quantitative estimate of drug-likeness (QED) is 0.919. The maximum absolute atomic E-state index is 3.62. The van der Waals surface area contributed by atoms with Gasteiger partial charge >= 0.3 is 0 Å². The van der Waals surface area contributed by atoms with Crippen molar-refractivity contribution in [3.05, 3.63) is 20.8 Å². The zero-order valence-electron chi connectivity index (χ0n) is 9.71. The monoisotopic (exact) mass is 302 g/mol. The molecule has 1 N–H and O–H groups in total. The lowest BCUT2D eigenvalue weighted by molar-refractivity contribution is 0.140. The molecule has 0 bridgehead atoms. The molecule has 90 valence electrons. The summed E-state index contributed by atoms with van der Waals surface area (Å²) < 4.78 is 1.27. The van der Waals surface area contributed by atoms with Gasteiger partial charge in [-0.1, -0.05) is 6.42 Å². The molecule has 0 aliphatic carbocycles. The van der Waals surface area contributed by atoms with Gasteiger partial charge in [-0.15, -0.1) is 11.3 Å². The minimum absolute atomic E-state index is 0.716. The van der Waals surface area contributed by atoms with Crippen molar-refractivity contribution in [2.45, 2.75) is 31.8 Å². The number of rotatable bonds is 4. The average Bonchev–Trinajstić information content (AvgIpc) is 2.68. The Hall–Kier alpha value is 0.100. The standard InChI is InChI=1S/C12H19BrN2S/c1-14-8-10-4-2-3-6-15(10)9-12-11(13)5-7-16-12/h5,7,10,14H,2-4,6,8-9H2,1H3. The Morgan fingerprint density at radius 2 is 2.44 bits per heavy atom. The van der Waals surface area contributed by atoms with E-state index in [9.17, 15) is 0 Å². The van der Waals surface area contributed by atoms with Crippen LogP contribution in [0.25, 0.3) is 0 Å². The molecule has 1 aliphatic rings. The van der Waals surface area contributed by atoms with E-state index in [1.807, 2.05) is 18.4 Å². The van der Waals surface area contributed by atoms with E-state index >= 15 is 0 Å². The maximum Gasteiger partial charge on any atom is 0.0342 e. The van der Waals surface area contributed by atoms with Gasteiger partial charge in [0.2, 0.25) is 0 Å². The van der Waals surface area contributed by atoms with E-state index in [0.29, 0.717) is 6.04 Å². The molecule has 2 nitrogen and oxygen atoms in total. The van der Waals surface area contributed by atoms with Crippen LogP contribution >= 0.6 is 27.3 Å². The molecule has 0 saturated carbocycles. The minimum atomic E-state index is 0.716. The normalized spacial score (nSPS) is 22.5. The lowest BCUT2D eigenvalue weighted by Gasteiger charge is -2.35. The molecule has 1 aromatic rings. The topological polar surface area (TPSA) is 15.3 Å². The number of hydrogen-bond acceptors (Lipinski definition) is 3. The van der Waals surface area contributed by atoms with Crippen LogP contribution in [-0.4, -0.2) is 31.1 Å². The number of thiophene rings is 1. The van der Waals surface area contributed by atoms with Crippen LogP contribution in [0.15, 0.2) is 15.9 Å².